The quantitative estimate of drug-likeness (QED) is 0.854. The maximum absolute atomic E-state index is 9.33. The van der Waals surface area contributed by atoms with Crippen molar-refractivity contribution in [1.29, 1.82) is 0 Å². The molecular formula is C20H25NO3. The van der Waals surface area contributed by atoms with Crippen LogP contribution in [0.4, 0.5) is 0 Å². The summed E-state index contributed by atoms with van der Waals surface area (Å²) in [6.45, 7) is 2.87. The first-order valence-electron chi connectivity index (χ1n) is 8.48. The van der Waals surface area contributed by atoms with Gasteiger partial charge in [0.25, 0.3) is 0 Å². The van der Waals surface area contributed by atoms with Gasteiger partial charge in [0.05, 0.1) is 7.11 Å². The van der Waals surface area contributed by atoms with Crippen molar-refractivity contribution in [3.8, 4) is 17.2 Å². The van der Waals surface area contributed by atoms with Crippen LogP contribution in [0.25, 0.3) is 0 Å². The molecule has 2 atom stereocenters. The number of phenols is 1. The summed E-state index contributed by atoms with van der Waals surface area (Å²) in [5.74, 6) is 2.01. The highest BCUT2D eigenvalue weighted by Gasteiger charge is 2.23. The zero-order valence-corrected chi connectivity index (χ0v) is 14.3. The normalized spacial score (nSPS) is 17.7. The van der Waals surface area contributed by atoms with E-state index in [0.29, 0.717) is 24.4 Å². The first-order chi connectivity index (χ1) is 11.7. The maximum atomic E-state index is 9.33. The predicted molar refractivity (Wildman–Crippen MR) is 95.0 cm³/mol. The summed E-state index contributed by atoms with van der Waals surface area (Å²) in [5, 5.41) is 13.0. The van der Waals surface area contributed by atoms with Crippen LogP contribution in [0.1, 0.15) is 24.5 Å². The van der Waals surface area contributed by atoms with Gasteiger partial charge in [-0.15, -0.1) is 0 Å². The van der Waals surface area contributed by atoms with E-state index in [0.717, 1.165) is 30.8 Å². The summed E-state index contributed by atoms with van der Waals surface area (Å²) in [6, 6.07) is 14.2. The Morgan fingerprint density at radius 1 is 1.25 bits per heavy atom. The number of hydrogen-bond donors (Lipinski definition) is 2. The lowest BCUT2D eigenvalue weighted by atomic mass is 10.00. The molecule has 0 fully saturated rings. The number of phenolic OH excluding ortho intramolecular Hbond substituents is 1. The summed E-state index contributed by atoms with van der Waals surface area (Å²) in [5.41, 5.74) is 2.44. The number of para-hydroxylation sites is 1. The molecule has 1 heterocycles. The number of aryl methyl sites for hydroxylation is 1. The van der Waals surface area contributed by atoms with Crippen LogP contribution in [-0.4, -0.2) is 30.9 Å². The second kappa shape index (κ2) is 7.58. The van der Waals surface area contributed by atoms with E-state index < -0.39 is 0 Å². The molecule has 2 N–H and O–H groups in total. The zero-order chi connectivity index (χ0) is 16.9. The molecule has 3 rings (SSSR count). The van der Waals surface area contributed by atoms with Crippen LogP contribution in [0.15, 0.2) is 42.5 Å². The maximum Gasteiger partial charge on any atom is 0.164 e. The SMILES string of the molecule is COc1cccc2c1OC[C@H](N[C@H](C)CCc1ccc(O)cc1)C2. The van der Waals surface area contributed by atoms with E-state index >= 15 is 0 Å². The van der Waals surface area contributed by atoms with Gasteiger partial charge in [0, 0.05) is 12.1 Å². The minimum absolute atomic E-state index is 0.318. The third kappa shape index (κ3) is 4.01. The Hall–Kier alpha value is -2.20. The Labute approximate surface area is 143 Å². The van der Waals surface area contributed by atoms with Crippen molar-refractivity contribution < 1.29 is 14.6 Å². The second-order valence-electron chi connectivity index (χ2n) is 6.43. The molecular weight excluding hydrogens is 302 g/mol. The van der Waals surface area contributed by atoms with Crippen LogP contribution in [0.3, 0.4) is 0 Å². The van der Waals surface area contributed by atoms with Gasteiger partial charge in [0.1, 0.15) is 12.4 Å². The average molecular weight is 327 g/mol. The van der Waals surface area contributed by atoms with Crippen molar-refractivity contribution in [2.24, 2.45) is 0 Å². The third-order valence-electron chi connectivity index (χ3n) is 4.50. The fraction of sp³-hybridized carbons (Fsp3) is 0.400. The number of nitrogens with one attached hydrogen (secondary N) is 1. The van der Waals surface area contributed by atoms with E-state index in [2.05, 4.69) is 18.3 Å². The Kier molecular flexibility index (Phi) is 5.26. The molecule has 0 unspecified atom stereocenters. The van der Waals surface area contributed by atoms with Crippen molar-refractivity contribution in [2.45, 2.75) is 38.3 Å². The Morgan fingerprint density at radius 2 is 2.04 bits per heavy atom. The molecule has 0 saturated heterocycles. The Bertz CT molecular complexity index is 669. The second-order valence-corrected chi connectivity index (χ2v) is 6.43. The van der Waals surface area contributed by atoms with Gasteiger partial charge >= 0.3 is 0 Å². The van der Waals surface area contributed by atoms with Crippen molar-refractivity contribution in [3.63, 3.8) is 0 Å². The van der Waals surface area contributed by atoms with E-state index in [-0.39, 0.29) is 0 Å². The summed E-state index contributed by atoms with van der Waals surface area (Å²) in [4.78, 5) is 0. The highest BCUT2D eigenvalue weighted by Crippen LogP contribution is 2.34. The molecule has 1 aliphatic rings. The van der Waals surface area contributed by atoms with Crippen LogP contribution in [0.2, 0.25) is 0 Å². The monoisotopic (exact) mass is 327 g/mol. The van der Waals surface area contributed by atoms with Crippen LogP contribution < -0.4 is 14.8 Å². The van der Waals surface area contributed by atoms with Gasteiger partial charge in [0.15, 0.2) is 11.5 Å². The van der Waals surface area contributed by atoms with Gasteiger partial charge in [-0.2, -0.15) is 0 Å². The summed E-state index contributed by atoms with van der Waals surface area (Å²) in [7, 11) is 1.68. The average Bonchev–Trinajstić information content (AvgIpc) is 2.60. The van der Waals surface area contributed by atoms with Gasteiger partial charge in [-0.3, -0.25) is 0 Å². The lowest BCUT2D eigenvalue weighted by Crippen LogP contribution is -2.44. The molecule has 2 aromatic carbocycles. The molecule has 1 aliphatic heterocycles. The molecule has 0 radical (unpaired) electrons. The zero-order valence-electron chi connectivity index (χ0n) is 14.3. The van der Waals surface area contributed by atoms with E-state index in [1.807, 2.05) is 24.3 Å². The first kappa shape index (κ1) is 16.7. The number of ether oxygens (including phenoxy) is 2. The van der Waals surface area contributed by atoms with Crippen LogP contribution in [0, 0.1) is 0 Å². The summed E-state index contributed by atoms with van der Waals surface area (Å²) < 4.78 is 11.3. The molecule has 0 aliphatic carbocycles. The van der Waals surface area contributed by atoms with Crippen LogP contribution >= 0.6 is 0 Å². The van der Waals surface area contributed by atoms with E-state index in [1.165, 1.54) is 11.1 Å². The van der Waals surface area contributed by atoms with Crippen molar-refractivity contribution in [1.82, 2.24) is 5.32 Å². The number of fused-ring (bicyclic) bond motifs is 1. The fourth-order valence-electron chi connectivity index (χ4n) is 3.19. The van der Waals surface area contributed by atoms with Crippen molar-refractivity contribution >= 4 is 0 Å². The molecule has 4 heteroatoms. The lowest BCUT2D eigenvalue weighted by molar-refractivity contribution is 0.217. The fourth-order valence-corrected chi connectivity index (χ4v) is 3.19. The van der Waals surface area contributed by atoms with Crippen molar-refractivity contribution in [2.75, 3.05) is 13.7 Å². The number of benzene rings is 2. The van der Waals surface area contributed by atoms with E-state index in [9.17, 15) is 5.11 Å². The largest absolute Gasteiger partial charge is 0.508 e. The van der Waals surface area contributed by atoms with E-state index in [4.69, 9.17) is 9.47 Å². The van der Waals surface area contributed by atoms with E-state index in [1.54, 1.807) is 19.2 Å². The molecule has 2 aromatic rings. The highest BCUT2D eigenvalue weighted by molar-refractivity contribution is 5.48. The number of rotatable bonds is 6. The van der Waals surface area contributed by atoms with Gasteiger partial charge in [0.2, 0.25) is 0 Å². The number of hydrogen-bond acceptors (Lipinski definition) is 4. The molecule has 0 saturated carbocycles. The van der Waals surface area contributed by atoms with Crippen molar-refractivity contribution in [3.05, 3.63) is 53.6 Å². The smallest absolute Gasteiger partial charge is 0.164 e. The first-order valence-corrected chi connectivity index (χ1v) is 8.48. The number of aromatic hydroxyl groups is 1. The number of methoxy groups -OCH3 is 1. The molecule has 4 nitrogen and oxygen atoms in total. The molecule has 24 heavy (non-hydrogen) atoms. The lowest BCUT2D eigenvalue weighted by Gasteiger charge is -2.29. The molecule has 0 amide bonds. The molecule has 0 bridgehead atoms. The predicted octanol–water partition coefficient (Wildman–Crippen LogP) is 3.32. The van der Waals surface area contributed by atoms with Gasteiger partial charge in [-0.1, -0.05) is 24.3 Å². The Morgan fingerprint density at radius 3 is 2.79 bits per heavy atom. The van der Waals surface area contributed by atoms with Gasteiger partial charge < -0.3 is 19.9 Å². The van der Waals surface area contributed by atoms with Gasteiger partial charge in [-0.25, -0.2) is 0 Å². The standard InChI is InChI=1S/C20H25NO3/c1-14(6-7-15-8-10-18(22)11-9-15)21-17-12-16-4-3-5-19(23-2)20(16)24-13-17/h3-5,8-11,14,17,21-22H,6-7,12-13H2,1-2H3/t14-,17-/m1/s1. The minimum Gasteiger partial charge on any atom is -0.508 e. The molecule has 0 spiro atoms. The third-order valence-corrected chi connectivity index (χ3v) is 4.50. The Balaban J connectivity index is 1.52. The molecule has 0 aromatic heterocycles. The van der Waals surface area contributed by atoms with Crippen LogP contribution in [0.5, 0.6) is 17.2 Å². The summed E-state index contributed by atoms with van der Waals surface area (Å²) in [6.07, 6.45) is 2.99. The van der Waals surface area contributed by atoms with Gasteiger partial charge in [-0.05, 0) is 55.5 Å². The highest BCUT2D eigenvalue weighted by atomic mass is 16.5. The van der Waals surface area contributed by atoms with Crippen LogP contribution in [-0.2, 0) is 12.8 Å². The minimum atomic E-state index is 0.318. The summed E-state index contributed by atoms with van der Waals surface area (Å²) >= 11 is 0. The molecule has 128 valence electrons. The topological polar surface area (TPSA) is 50.7 Å².